The van der Waals surface area contributed by atoms with E-state index in [1.165, 1.54) is 12.1 Å². The van der Waals surface area contributed by atoms with Gasteiger partial charge >= 0.3 is 0 Å². The zero-order valence-electron chi connectivity index (χ0n) is 15.5. The van der Waals surface area contributed by atoms with Crippen molar-refractivity contribution in [3.05, 3.63) is 23.5 Å². The summed E-state index contributed by atoms with van der Waals surface area (Å²) < 4.78 is 28.8. The molecule has 26 heavy (non-hydrogen) atoms. The average molecular weight is 380 g/mol. The van der Waals surface area contributed by atoms with Crippen LogP contribution in [0.4, 0.5) is 5.69 Å². The Balaban J connectivity index is 1.44. The Labute approximate surface area is 156 Å². The van der Waals surface area contributed by atoms with E-state index < -0.39 is 10.2 Å². The lowest BCUT2D eigenvalue weighted by Gasteiger charge is -2.37. The van der Waals surface area contributed by atoms with Gasteiger partial charge in [-0.05, 0) is 51.3 Å². The van der Waals surface area contributed by atoms with E-state index in [1.54, 1.807) is 8.61 Å². The first kappa shape index (κ1) is 18.2. The Morgan fingerprint density at radius 3 is 2.35 bits per heavy atom. The number of hydrogen-bond donors (Lipinski definition) is 1. The fourth-order valence-electron chi connectivity index (χ4n) is 4.23. The molecule has 0 bridgehead atoms. The van der Waals surface area contributed by atoms with Crippen molar-refractivity contribution in [2.45, 2.75) is 38.6 Å². The minimum atomic E-state index is -3.28. The van der Waals surface area contributed by atoms with Gasteiger partial charge in [-0.3, -0.25) is 4.98 Å². The van der Waals surface area contributed by atoms with Crippen LogP contribution in [0.3, 0.4) is 0 Å². The van der Waals surface area contributed by atoms with E-state index in [0.29, 0.717) is 32.2 Å². The van der Waals surface area contributed by atoms with Crippen LogP contribution in [0.1, 0.15) is 43.1 Å². The van der Waals surface area contributed by atoms with Crippen molar-refractivity contribution in [2.75, 3.05) is 50.7 Å². The number of aryl methyl sites for hydroxylation is 1. The monoisotopic (exact) mass is 379 g/mol. The SMILES string of the molecule is Cc1cc(N2CCN(S(=O)(=O)N3CCCC3)CC2)cc([C@@H]2CCCN2)n1. The van der Waals surface area contributed by atoms with Gasteiger partial charge in [0, 0.05) is 56.7 Å². The minimum absolute atomic E-state index is 0.352. The van der Waals surface area contributed by atoms with Crippen LogP contribution >= 0.6 is 0 Å². The normalized spacial score (nSPS) is 25.9. The number of nitrogens with one attached hydrogen (secondary N) is 1. The van der Waals surface area contributed by atoms with E-state index >= 15 is 0 Å². The summed E-state index contributed by atoms with van der Waals surface area (Å²) >= 11 is 0. The third-order valence-electron chi connectivity index (χ3n) is 5.70. The summed E-state index contributed by atoms with van der Waals surface area (Å²) in [5.74, 6) is 0. The third kappa shape index (κ3) is 3.60. The molecule has 0 aliphatic carbocycles. The van der Waals surface area contributed by atoms with E-state index in [1.807, 2.05) is 6.92 Å². The van der Waals surface area contributed by atoms with Gasteiger partial charge in [-0.25, -0.2) is 0 Å². The lowest BCUT2D eigenvalue weighted by Crippen LogP contribution is -2.52. The summed E-state index contributed by atoms with van der Waals surface area (Å²) in [4.78, 5) is 7.01. The predicted octanol–water partition coefficient (Wildman–Crippen LogP) is 1.28. The largest absolute Gasteiger partial charge is 0.369 e. The molecule has 4 rings (SSSR count). The summed E-state index contributed by atoms with van der Waals surface area (Å²) in [6.07, 6.45) is 4.29. The molecule has 8 heteroatoms. The predicted molar refractivity (Wildman–Crippen MR) is 102 cm³/mol. The molecule has 3 saturated heterocycles. The number of pyridine rings is 1. The molecule has 1 aromatic heterocycles. The van der Waals surface area contributed by atoms with E-state index in [-0.39, 0.29) is 0 Å². The van der Waals surface area contributed by atoms with E-state index in [2.05, 4.69) is 22.3 Å². The van der Waals surface area contributed by atoms with Gasteiger partial charge in [0.25, 0.3) is 10.2 Å². The third-order valence-corrected chi connectivity index (χ3v) is 7.73. The van der Waals surface area contributed by atoms with E-state index in [4.69, 9.17) is 4.98 Å². The summed E-state index contributed by atoms with van der Waals surface area (Å²) in [6.45, 7) is 7.00. The molecule has 0 spiro atoms. The van der Waals surface area contributed by atoms with Crippen LogP contribution in [0.25, 0.3) is 0 Å². The molecule has 0 unspecified atom stereocenters. The first-order valence-electron chi connectivity index (χ1n) is 9.76. The number of anilines is 1. The van der Waals surface area contributed by atoms with Gasteiger partial charge in [0.15, 0.2) is 0 Å². The second-order valence-corrected chi connectivity index (χ2v) is 9.47. The van der Waals surface area contributed by atoms with Gasteiger partial charge in [-0.2, -0.15) is 17.0 Å². The Morgan fingerprint density at radius 2 is 1.69 bits per heavy atom. The Morgan fingerprint density at radius 1 is 1.00 bits per heavy atom. The van der Waals surface area contributed by atoms with Crippen LogP contribution < -0.4 is 10.2 Å². The number of piperazine rings is 1. The van der Waals surface area contributed by atoms with Crippen LogP contribution in [0.15, 0.2) is 12.1 Å². The summed E-state index contributed by atoms with van der Waals surface area (Å²) in [6, 6.07) is 4.65. The van der Waals surface area contributed by atoms with Gasteiger partial charge in [0.1, 0.15) is 0 Å². The molecule has 0 aromatic carbocycles. The molecule has 3 aliphatic heterocycles. The van der Waals surface area contributed by atoms with Gasteiger partial charge in [-0.1, -0.05) is 0 Å². The highest BCUT2D eigenvalue weighted by molar-refractivity contribution is 7.86. The maximum absolute atomic E-state index is 12.7. The standard InChI is InChI=1S/C18H29N5O2S/c1-15-13-16(14-18(20-15)17-5-4-6-19-17)21-9-11-23(12-10-21)26(24,25)22-7-2-3-8-22/h13-14,17,19H,2-12H2,1H3/t17-/m0/s1. The molecule has 4 heterocycles. The molecular weight excluding hydrogens is 350 g/mol. The van der Waals surface area contributed by atoms with Gasteiger partial charge in [0.05, 0.1) is 5.69 Å². The molecule has 7 nitrogen and oxygen atoms in total. The van der Waals surface area contributed by atoms with Gasteiger partial charge < -0.3 is 10.2 Å². The van der Waals surface area contributed by atoms with Crippen molar-refractivity contribution in [1.29, 1.82) is 0 Å². The van der Waals surface area contributed by atoms with Crippen molar-refractivity contribution in [3.8, 4) is 0 Å². The summed E-state index contributed by atoms with van der Waals surface area (Å²) in [5.41, 5.74) is 3.31. The van der Waals surface area contributed by atoms with Crippen LogP contribution in [0.5, 0.6) is 0 Å². The molecule has 1 atom stereocenters. The Bertz CT molecular complexity index is 734. The molecule has 1 N–H and O–H groups in total. The molecular formula is C18H29N5O2S. The fourth-order valence-corrected chi connectivity index (χ4v) is 5.90. The highest BCUT2D eigenvalue weighted by Gasteiger charge is 2.34. The second-order valence-electron chi connectivity index (χ2n) is 7.54. The van der Waals surface area contributed by atoms with Crippen molar-refractivity contribution in [3.63, 3.8) is 0 Å². The van der Waals surface area contributed by atoms with Gasteiger partial charge in [-0.15, -0.1) is 0 Å². The zero-order valence-corrected chi connectivity index (χ0v) is 16.3. The van der Waals surface area contributed by atoms with Crippen LogP contribution in [0.2, 0.25) is 0 Å². The molecule has 0 amide bonds. The van der Waals surface area contributed by atoms with E-state index in [9.17, 15) is 8.42 Å². The molecule has 0 radical (unpaired) electrons. The first-order chi connectivity index (χ1) is 12.5. The average Bonchev–Trinajstić information content (AvgIpc) is 3.35. The van der Waals surface area contributed by atoms with E-state index in [0.717, 1.165) is 50.3 Å². The molecule has 144 valence electrons. The van der Waals surface area contributed by atoms with Crippen LogP contribution in [-0.4, -0.2) is 67.8 Å². The quantitative estimate of drug-likeness (QED) is 0.853. The first-order valence-corrected chi connectivity index (χ1v) is 11.2. The lowest BCUT2D eigenvalue weighted by atomic mass is 10.1. The maximum Gasteiger partial charge on any atom is 0.282 e. The Hall–Kier alpha value is -1.22. The molecule has 3 aliphatic rings. The lowest BCUT2D eigenvalue weighted by molar-refractivity contribution is 0.343. The summed E-state index contributed by atoms with van der Waals surface area (Å²) in [7, 11) is -3.28. The van der Waals surface area contributed by atoms with Crippen molar-refractivity contribution < 1.29 is 8.42 Å². The zero-order chi connectivity index (χ0) is 18.1. The highest BCUT2D eigenvalue weighted by atomic mass is 32.2. The number of aromatic nitrogens is 1. The number of hydrogen-bond acceptors (Lipinski definition) is 5. The Kier molecular flexibility index (Phi) is 5.18. The van der Waals surface area contributed by atoms with Crippen molar-refractivity contribution in [2.24, 2.45) is 0 Å². The number of rotatable bonds is 4. The maximum atomic E-state index is 12.7. The number of nitrogens with zero attached hydrogens (tertiary/aromatic N) is 4. The topological polar surface area (TPSA) is 68.8 Å². The van der Waals surface area contributed by atoms with Crippen molar-refractivity contribution in [1.82, 2.24) is 18.9 Å². The molecule has 0 saturated carbocycles. The molecule has 3 fully saturated rings. The summed E-state index contributed by atoms with van der Waals surface area (Å²) in [5, 5.41) is 3.51. The smallest absolute Gasteiger partial charge is 0.282 e. The van der Waals surface area contributed by atoms with Crippen LogP contribution in [0, 0.1) is 6.92 Å². The minimum Gasteiger partial charge on any atom is -0.369 e. The van der Waals surface area contributed by atoms with Crippen molar-refractivity contribution >= 4 is 15.9 Å². The second kappa shape index (κ2) is 7.42. The van der Waals surface area contributed by atoms with Crippen LogP contribution in [-0.2, 0) is 10.2 Å². The molecule has 1 aromatic rings. The highest BCUT2D eigenvalue weighted by Crippen LogP contribution is 2.27. The fraction of sp³-hybridized carbons (Fsp3) is 0.722. The van der Waals surface area contributed by atoms with Gasteiger partial charge in [0.2, 0.25) is 0 Å².